The third-order valence-electron chi connectivity index (χ3n) is 5.58. The Labute approximate surface area is 182 Å². The van der Waals surface area contributed by atoms with Crippen LogP contribution >= 0.6 is 11.8 Å². The van der Waals surface area contributed by atoms with Gasteiger partial charge in [-0.05, 0) is 61.9 Å². The summed E-state index contributed by atoms with van der Waals surface area (Å²) in [6.07, 6.45) is 5.49. The predicted molar refractivity (Wildman–Crippen MR) is 124 cm³/mol. The molecule has 1 aliphatic rings. The molecule has 4 N–H and O–H groups in total. The van der Waals surface area contributed by atoms with Gasteiger partial charge in [0, 0.05) is 31.0 Å². The molecule has 2 aromatic rings. The minimum atomic E-state index is 0.0930. The molecule has 0 aliphatic heterocycles. The summed E-state index contributed by atoms with van der Waals surface area (Å²) in [4.78, 5) is 17.2. The average molecular weight is 426 g/mol. The molecule has 3 rings (SSSR count). The summed E-state index contributed by atoms with van der Waals surface area (Å²) in [5.74, 6) is 0.906. The number of anilines is 1. The van der Waals surface area contributed by atoms with Crippen molar-refractivity contribution >= 4 is 29.6 Å². The van der Waals surface area contributed by atoms with E-state index in [1.807, 2.05) is 20.0 Å². The maximum atomic E-state index is 11.2. The van der Waals surface area contributed by atoms with E-state index >= 15 is 0 Å². The fourth-order valence-electron chi connectivity index (χ4n) is 3.82. The number of nitrogens with zero attached hydrogens (tertiary/aromatic N) is 2. The molecule has 1 unspecified atom stereocenters. The number of hydrogen-bond donors (Lipinski definition) is 3. The average Bonchev–Trinajstić information content (AvgIpc) is 3.29. The summed E-state index contributed by atoms with van der Waals surface area (Å²) in [7, 11) is 1.85. The van der Waals surface area contributed by atoms with Crippen LogP contribution in [0.1, 0.15) is 42.7 Å². The van der Waals surface area contributed by atoms with E-state index in [0.717, 1.165) is 47.0 Å². The summed E-state index contributed by atoms with van der Waals surface area (Å²) >= 11 is 1.60. The number of allylic oxidation sites excluding steroid dienone is 2. The van der Waals surface area contributed by atoms with Crippen LogP contribution in [0.25, 0.3) is 0 Å². The van der Waals surface area contributed by atoms with Gasteiger partial charge in [0.05, 0.1) is 5.71 Å². The van der Waals surface area contributed by atoms with Crippen LogP contribution in [0.5, 0.6) is 0 Å². The molecule has 1 atom stereocenters. The van der Waals surface area contributed by atoms with Crippen molar-refractivity contribution in [2.75, 3.05) is 18.9 Å². The van der Waals surface area contributed by atoms with E-state index in [1.165, 1.54) is 16.7 Å². The summed E-state index contributed by atoms with van der Waals surface area (Å²) in [6, 6.07) is 4.40. The first kappa shape index (κ1) is 22.3. The number of nitrogens with one attached hydrogen (secondary N) is 2. The minimum Gasteiger partial charge on any atom is -0.373 e. The minimum absolute atomic E-state index is 0.0930. The lowest BCUT2D eigenvalue weighted by Crippen LogP contribution is -2.13. The Balaban J connectivity index is 2.00. The zero-order chi connectivity index (χ0) is 21.8. The molecule has 0 fully saturated rings. The van der Waals surface area contributed by atoms with Crippen molar-refractivity contribution in [1.29, 1.82) is 5.41 Å². The lowest BCUT2D eigenvalue weighted by molar-refractivity contribution is -0.110. The largest absolute Gasteiger partial charge is 0.373 e. The van der Waals surface area contributed by atoms with Gasteiger partial charge in [0.15, 0.2) is 5.16 Å². The molecule has 0 bridgehead atoms. The zero-order valence-electron chi connectivity index (χ0n) is 18.2. The highest BCUT2D eigenvalue weighted by Crippen LogP contribution is 2.37. The molecule has 30 heavy (non-hydrogen) atoms. The van der Waals surface area contributed by atoms with E-state index in [2.05, 4.69) is 35.9 Å². The second kappa shape index (κ2) is 9.62. The van der Waals surface area contributed by atoms with E-state index < -0.39 is 0 Å². The van der Waals surface area contributed by atoms with E-state index in [-0.39, 0.29) is 5.92 Å². The van der Waals surface area contributed by atoms with Crippen molar-refractivity contribution in [2.45, 2.75) is 56.6 Å². The SMILES string of the molecule is CC/C(C)=C/C(=N)c1nc(Sc2cc3c(cc2C)CC(C=O)C3)n(CCN)c1NC. The fraction of sp³-hybridized carbons (Fsp3) is 0.435. The number of aromatic nitrogens is 2. The van der Waals surface area contributed by atoms with Gasteiger partial charge in [-0.3, -0.25) is 5.41 Å². The van der Waals surface area contributed by atoms with Crippen molar-refractivity contribution in [3.05, 3.63) is 46.2 Å². The number of hydrogen-bond acceptors (Lipinski definition) is 6. The smallest absolute Gasteiger partial charge is 0.175 e. The van der Waals surface area contributed by atoms with Gasteiger partial charge in [0.1, 0.15) is 17.8 Å². The first-order valence-electron chi connectivity index (χ1n) is 10.4. The van der Waals surface area contributed by atoms with Crippen LogP contribution in [0, 0.1) is 18.3 Å². The van der Waals surface area contributed by atoms with Crippen LogP contribution in [0.15, 0.2) is 33.8 Å². The maximum Gasteiger partial charge on any atom is 0.175 e. The molecule has 0 spiro atoms. The van der Waals surface area contributed by atoms with E-state index in [9.17, 15) is 4.79 Å². The van der Waals surface area contributed by atoms with Crippen LogP contribution in [0.2, 0.25) is 0 Å². The number of imidazole rings is 1. The van der Waals surface area contributed by atoms with Crippen LogP contribution in [-0.4, -0.2) is 35.1 Å². The number of carbonyl (C=O) groups is 1. The molecule has 1 aromatic carbocycles. The summed E-state index contributed by atoms with van der Waals surface area (Å²) in [5.41, 5.74) is 11.8. The standard InChI is InChI=1S/C23H31N5OS/c1-5-14(2)8-19(25)21-22(26-4)28(7-6-24)23(27-21)30-20-12-18-11-16(13-29)10-17(18)9-15(20)3/h8-9,12-13,16,25-26H,5-7,10-11,24H2,1-4H3/b14-8+,25-19?. The van der Waals surface area contributed by atoms with Gasteiger partial charge < -0.3 is 20.4 Å². The predicted octanol–water partition coefficient (Wildman–Crippen LogP) is 3.98. The van der Waals surface area contributed by atoms with E-state index in [0.29, 0.717) is 24.5 Å². The lowest BCUT2D eigenvalue weighted by atomic mass is 10.1. The maximum absolute atomic E-state index is 11.2. The topological polar surface area (TPSA) is 96.8 Å². The van der Waals surface area contributed by atoms with Crippen molar-refractivity contribution < 1.29 is 4.79 Å². The van der Waals surface area contributed by atoms with Gasteiger partial charge in [0.25, 0.3) is 0 Å². The van der Waals surface area contributed by atoms with Crippen LogP contribution in [0.3, 0.4) is 0 Å². The third-order valence-corrected chi connectivity index (χ3v) is 6.73. The number of carbonyl (C=O) groups excluding carboxylic acids is 1. The van der Waals surface area contributed by atoms with Gasteiger partial charge in [-0.2, -0.15) is 0 Å². The van der Waals surface area contributed by atoms with Crippen molar-refractivity contribution in [3.8, 4) is 0 Å². The third kappa shape index (κ3) is 4.52. The molecule has 7 heteroatoms. The Bertz CT molecular complexity index is 992. The van der Waals surface area contributed by atoms with Gasteiger partial charge >= 0.3 is 0 Å². The molecule has 0 radical (unpaired) electrons. The van der Waals surface area contributed by atoms with Crippen LogP contribution in [0.4, 0.5) is 5.82 Å². The van der Waals surface area contributed by atoms with Gasteiger partial charge in [-0.15, -0.1) is 0 Å². The Hall–Kier alpha value is -2.38. The van der Waals surface area contributed by atoms with Crippen molar-refractivity contribution in [3.63, 3.8) is 0 Å². The van der Waals surface area contributed by atoms with E-state index in [1.54, 1.807) is 11.8 Å². The number of aryl methyl sites for hydroxylation is 1. The molecule has 0 saturated carbocycles. The Morgan fingerprint density at radius 1 is 1.40 bits per heavy atom. The fourth-order valence-corrected chi connectivity index (χ4v) is 4.86. The van der Waals surface area contributed by atoms with Gasteiger partial charge in [0.2, 0.25) is 0 Å². The number of benzene rings is 1. The number of aldehydes is 1. The molecule has 1 heterocycles. The van der Waals surface area contributed by atoms with Crippen molar-refractivity contribution in [1.82, 2.24) is 9.55 Å². The first-order valence-corrected chi connectivity index (χ1v) is 11.2. The van der Waals surface area contributed by atoms with Gasteiger partial charge in [-0.1, -0.05) is 30.3 Å². The quantitative estimate of drug-likeness (QED) is 0.417. The Morgan fingerprint density at radius 2 is 2.10 bits per heavy atom. The number of nitrogens with two attached hydrogens (primary N) is 1. The molecule has 1 aliphatic carbocycles. The van der Waals surface area contributed by atoms with Gasteiger partial charge in [-0.25, -0.2) is 4.98 Å². The normalized spacial score (nSPS) is 15.9. The van der Waals surface area contributed by atoms with E-state index in [4.69, 9.17) is 16.1 Å². The highest BCUT2D eigenvalue weighted by atomic mass is 32.2. The highest BCUT2D eigenvalue weighted by molar-refractivity contribution is 7.99. The molecule has 6 nitrogen and oxygen atoms in total. The van der Waals surface area contributed by atoms with Crippen LogP contribution in [-0.2, 0) is 24.2 Å². The van der Waals surface area contributed by atoms with Crippen LogP contribution < -0.4 is 11.1 Å². The Kier molecular flexibility index (Phi) is 7.15. The number of fused-ring (bicyclic) bond motifs is 1. The first-order chi connectivity index (χ1) is 14.4. The second-order valence-electron chi connectivity index (χ2n) is 7.83. The molecule has 0 amide bonds. The second-order valence-corrected chi connectivity index (χ2v) is 8.84. The number of rotatable bonds is 9. The molecule has 160 valence electrons. The molecule has 1 aromatic heterocycles. The summed E-state index contributed by atoms with van der Waals surface area (Å²) < 4.78 is 2.06. The highest BCUT2D eigenvalue weighted by Gasteiger charge is 2.24. The molecular formula is C23H31N5OS. The Morgan fingerprint density at radius 3 is 2.70 bits per heavy atom. The zero-order valence-corrected chi connectivity index (χ0v) is 19.0. The lowest BCUT2D eigenvalue weighted by Gasteiger charge is -2.12. The monoisotopic (exact) mass is 425 g/mol. The summed E-state index contributed by atoms with van der Waals surface area (Å²) in [5, 5.41) is 12.6. The summed E-state index contributed by atoms with van der Waals surface area (Å²) in [6.45, 7) is 7.31. The molecule has 0 saturated heterocycles. The van der Waals surface area contributed by atoms with Crippen molar-refractivity contribution in [2.24, 2.45) is 11.7 Å². The molecular weight excluding hydrogens is 394 g/mol.